The second-order valence-electron chi connectivity index (χ2n) is 5.12. The maximum Gasteiger partial charge on any atom is 0.163 e. The van der Waals surface area contributed by atoms with Gasteiger partial charge in [-0.1, -0.05) is 18.6 Å². The molecule has 2 rings (SSSR count). The van der Waals surface area contributed by atoms with Crippen LogP contribution in [-0.4, -0.2) is 12.3 Å². The van der Waals surface area contributed by atoms with Crippen LogP contribution in [0.25, 0.3) is 0 Å². The SMILES string of the molecule is Cc1ccc(C(=O)CC2(CN)CCC2)cc1F. The van der Waals surface area contributed by atoms with Crippen LogP contribution in [-0.2, 0) is 0 Å². The summed E-state index contributed by atoms with van der Waals surface area (Å²) in [7, 11) is 0. The highest BCUT2D eigenvalue weighted by Gasteiger charge is 2.37. The lowest BCUT2D eigenvalue weighted by Gasteiger charge is -2.40. The number of hydrogen-bond acceptors (Lipinski definition) is 2. The number of rotatable bonds is 4. The largest absolute Gasteiger partial charge is 0.330 e. The third-order valence-electron chi connectivity index (χ3n) is 3.88. The van der Waals surface area contributed by atoms with E-state index in [1.54, 1.807) is 19.1 Å². The van der Waals surface area contributed by atoms with E-state index in [0.29, 0.717) is 24.1 Å². The van der Waals surface area contributed by atoms with E-state index in [4.69, 9.17) is 5.73 Å². The summed E-state index contributed by atoms with van der Waals surface area (Å²) in [6.45, 7) is 2.24. The quantitative estimate of drug-likeness (QED) is 0.815. The first-order valence-electron chi connectivity index (χ1n) is 6.06. The van der Waals surface area contributed by atoms with E-state index in [1.165, 1.54) is 6.07 Å². The van der Waals surface area contributed by atoms with Gasteiger partial charge in [0, 0.05) is 12.0 Å². The van der Waals surface area contributed by atoms with Crippen molar-refractivity contribution in [1.82, 2.24) is 0 Å². The maximum absolute atomic E-state index is 13.4. The molecule has 1 saturated carbocycles. The molecule has 0 aliphatic heterocycles. The molecular formula is C14H18FNO. The molecular weight excluding hydrogens is 217 g/mol. The highest BCUT2D eigenvalue weighted by molar-refractivity contribution is 5.96. The highest BCUT2D eigenvalue weighted by atomic mass is 19.1. The third-order valence-corrected chi connectivity index (χ3v) is 3.88. The Morgan fingerprint density at radius 2 is 2.18 bits per heavy atom. The number of hydrogen-bond donors (Lipinski definition) is 1. The summed E-state index contributed by atoms with van der Waals surface area (Å²) in [5.74, 6) is -0.305. The van der Waals surface area contributed by atoms with E-state index >= 15 is 0 Å². The monoisotopic (exact) mass is 235 g/mol. The molecule has 92 valence electrons. The van der Waals surface area contributed by atoms with E-state index in [2.05, 4.69) is 0 Å². The van der Waals surface area contributed by atoms with Crippen molar-refractivity contribution in [2.24, 2.45) is 11.1 Å². The first-order valence-corrected chi connectivity index (χ1v) is 6.06. The smallest absolute Gasteiger partial charge is 0.163 e. The van der Waals surface area contributed by atoms with Crippen LogP contribution >= 0.6 is 0 Å². The first kappa shape index (κ1) is 12.2. The Hall–Kier alpha value is -1.22. The molecule has 0 atom stereocenters. The number of benzene rings is 1. The fourth-order valence-electron chi connectivity index (χ4n) is 2.34. The zero-order chi connectivity index (χ0) is 12.5. The van der Waals surface area contributed by atoms with Gasteiger partial charge >= 0.3 is 0 Å². The molecule has 17 heavy (non-hydrogen) atoms. The molecule has 1 aliphatic carbocycles. The average molecular weight is 235 g/mol. The van der Waals surface area contributed by atoms with Crippen molar-refractivity contribution < 1.29 is 9.18 Å². The van der Waals surface area contributed by atoms with Gasteiger partial charge in [0.15, 0.2) is 5.78 Å². The van der Waals surface area contributed by atoms with Gasteiger partial charge in [-0.05, 0) is 43.4 Å². The Balaban J connectivity index is 2.11. The zero-order valence-electron chi connectivity index (χ0n) is 10.1. The second-order valence-corrected chi connectivity index (χ2v) is 5.12. The minimum absolute atomic E-state index is 0.00838. The van der Waals surface area contributed by atoms with Crippen molar-refractivity contribution in [3.8, 4) is 0 Å². The van der Waals surface area contributed by atoms with Gasteiger partial charge in [-0.2, -0.15) is 0 Å². The molecule has 0 spiro atoms. The van der Waals surface area contributed by atoms with Crippen molar-refractivity contribution in [3.05, 3.63) is 35.1 Å². The summed E-state index contributed by atoms with van der Waals surface area (Å²) in [6, 6.07) is 4.68. The highest BCUT2D eigenvalue weighted by Crippen LogP contribution is 2.43. The van der Waals surface area contributed by atoms with Gasteiger partial charge in [0.05, 0.1) is 0 Å². The van der Waals surface area contributed by atoms with E-state index in [0.717, 1.165) is 19.3 Å². The van der Waals surface area contributed by atoms with Gasteiger partial charge in [-0.3, -0.25) is 4.79 Å². The van der Waals surface area contributed by atoms with E-state index in [1.807, 2.05) is 0 Å². The maximum atomic E-state index is 13.4. The van der Waals surface area contributed by atoms with Gasteiger partial charge in [-0.15, -0.1) is 0 Å². The van der Waals surface area contributed by atoms with Crippen LogP contribution in [0.15, 0.2) is 18.2 Å². The molecule has 1 aliphatic rings. The molecule has 0 bridgehead atoms. The topological polar surface area (TPSA) is 43.1 Å². The van der Waals surface area contributed by atoms with Crippen molar-refractivity contribution >= 4 is 5.78 Å². The molecule has 1 aromatic rings. The summed E-state index contributed by atoms with van der Waals surface area (Å²) in [4.78, 5) is 12.1. The van der Waals surface area contributed by atoms with Crippen molar-refractivity contribution in [1.29, 1.82) is 0 Å². The number of halogens is 1. The molecule has 0 aromatic heterocycles. The Morgan fingerprint density at radius 3 is 2.65 bits per heavy atom. The molecule has 1 aromatic carbocycles. The van der Waals surface area contributed by atoms with Gasteiger partial charge < -0.3 is 5.73 Å². The van der Waals surface area contributed by atoms with Crippen LogP contribution in [0.4, 0.5) is 4.39 Å². The van der Waals surface area contributed by atoms with Gasteiger partial charge in [0.1, 0.15) is 5.82 Å². The molecule has 0 saturated heterocycles. The fourth-order valence-corrected chi connectivity index (χ4v) is 2.34. The van der Waals surface area contributed by atoms with E-state index < -0.39 is 0 Å². The fraction of sp³-hybridized carbons (Fsp3) is 0.500. The summed E-state index contributed by atoms with van der Waals surface area (Å²) < 4.78 is 13.4. The number of ketones is 1. The normalized spacial score (nSPS) is 17.6. The molecule has 0 amide bonds. The summed E-state index contributed by atoms with van der Waals surface area (Å²) in [5.41, 5.74) is 6.74. The number of Topliss-reactive ketones (excluding diaryl/α,β-unsaturated/α-hetero) is 1. The van der Waals surface area contributed by atoms with Crippen LogP contribution in [0.3, 0.4) is 0 Å². The average Bonchev–Trinajstić information content (AvgIpc) is 2.27. The van der Waals surface area contributed by atoms with E-state index in [9.17, 15) is 9.18 Å². The summed E-state index contributed by atoms with van der Waals surface area (Å²) in [5, 5.41) is 0. The number of nitrogens with two attached hydrogens (primary N) is 1. The van der Waals surface area contributed by atoms with Crippen molar-refractivity contribution in [2.75, 3.05) is 6.54 Å². The molecule has 0 radical (unpaired) electrons. The van der Waals surface area contributed by atoms with Crippen molar-refractivity contribution in [3.63, 3.8) is 0 Å². The van der Waals surface area contributed by atoms with Crippen LogP contribution in [0.5, 0.6) is 0 Å². The Morgan fingerprint density at radius 1 is 1.47 bits per heavy atom. The lowest BCUT2D eigenvalue weighted by molar-refractivity contribution is 0.0785. The Labute approximate surface area is 101 Å². The molecule has 0 unspecified atom stereocenters. The lowest BCUT2D eigenvalue weighted by atomic mass is 9.65. The molecule has 1 fully saturated rings. The second kappa shape index (κ2) is 4.57. The molecule has 2 nitrogen and oxygen atoms in total. The Bertz CT molecular complexity index is 432. The number of aryl methyl sites for hydroxylation is 1. The zero-order valence-corrected chi connectivity index (χ0v) is 10.1. The standard InChI is InChI=1S/C14H18FNO/c1-10-3-4-11(7-12(10)15)13(17)8-14(9-16)5-2-6-14/h3-4,7H,2,5-6,8-9,16H2,1H3. The van der Waals surface area contributed by atoms with E-state index in [-0.39, 0.29) is 17.0 Å². The van der Waals surface area contributed by atoms with Crippen LogP contribution < -0.4 is 5.73 Å². The van der Waals surface area contributed by atoms with Crippen LogP contribution in [0.2, 0.25) is 0 Å². The van der Waals surface area contributed by atoms with Gasteiger partial charge in [0.2, 0.25) is 0 Å². The first-order chi connectivity index (χ1) is 8.06. The third kappa shape index (κ3) is 2.39. The molecule has 0 heterocycles. The minimum Gasteiger partial charge on any atom is -0.330 e. The lowest BCUT2D eigenvalue weighted by Crippen LogP contribution is -2.39. The van der Waals surface area contributed by atoms with Crippen molar-refractivity contribution in [2.45, 2.75) is 32.6 Å². The molecule has 2 N–H and O–H groups in total. The predicted octanol–water partition coefficient (Wildman–Crippen LogP) is 2.84. The molecule has 3 heteroatoms. The van der Waals surface area contributed by atoms with Gasteiger partial charge in [0.25, 0.3) is 0 Å². The Kier molecular flexibility index (Phi) is 3.29. The minimum atomic E-state index is -0.314. The van der Waals surface area contributed by atoms with Crippen LogP contribution in [0, 0.1) is 18.2 Å². The predicted molar refractivity (Wildman–Crippen MR) is 65.4 cm³/mol. The number of carbonyl (C=O) groups is 1. The summed E-state index contributed by atoms with van der Waals surface area (Å²) >= 11 is 0. The van der Waals surface area contributed by atoms with Crippen LogP contribution in [0.1, 0.15) is 41.6 Å². The number of carbonyl (C=O) groups excluding carboxylic acids is 1. The summed E-state index contributed by atoms with van der Waals surface area (Å²) in [6.07, 6.45) is 3.63. The van der Waals surface area contributed by atoms with Gasteiger partial charge in [-0.25, -0.2) is 4.39 Å².